The Balaban J connectivity index is 3.14. The molecule has 1 N–H and O–H groups in total. The number of rotatable bonds is 0. The number of tetrazole rings is 1. The summed E-state index contributed by atoms with van der Waals surface area (Å²) in [6.45, 7) is 0. The summed E-state index contributed by atoms with van der Waals surface area (Å²) in [6, 6.07) is 1.28. The first-order chi connectivity index (χ1) is 5.83. The van der Waals surface area contributed by atoms with E-state index in [1.165, 1.54) is 16.8 Å². The van der Waals surface area contributed by atoms with Gasteiger partial charge in [0.15, 0.2) is 11.1 Å². The number of pyridine rings is 1. The van der Waals surface area contributed by atoms with E-state index < -0.39 is 0 Å². The van der Waals surface area contributed by atoms with Gasteiger partial charge in [-0.25, -0.2) is 0 Å². The van der Waals surface area contributed by atoms with Crippen LogP contribution in [0.1, 0.15) is 0 Å². The quantitative estimate of drug-likeness (QED) is 0.512. The third kappa shape index (κ3) is 0.746. The Morgan fingerprint density at radius 1 is 1.58 bits per heavy atom. The van der Waals surface area contributed by atoms with Gasteiger partial charge in [0.1, 0.15) is 5.22 Å². The number of aromatic nitrogens is 4. The van der Waals surface area contributed by atoms with Crippen molar-refractivity contribution in [2.24, 2.45) is 0 Å². The minimum atomic E-state index is -0.306. The monoisotopic (exact) mass is 164 g/mol. The molecule has 12 heavy (non-hydrogen) atoms. The Labute approximate surface area is 65.7 Å². The first-order valence-electron chi connectivity index (χ1n) is 3.18. The molecular formula is C6H4N4O2. The fraction of sp³-hybridized carbons (Fsp3) is 0. The van der Waals surface area contributed by atoms with Crippen LogP contribution in [0.2, 0.25) is 0 Å². The highest BCUT2D eigenvalue weighted by atomic mass is 16.2. The number of hydrogen-bond acceptors (Lipinski definition) is 5. The smallest absolute Gasteiger partial charge is 0.194 e. The van der Waals surface area contributed by atoms with Crippen LogP contribution in [-0.4, -0.2) is 25.1 Å². The fourth-order valence-electron chi connectivity index (χ4n) is 0.931. The zero-order valence-electron chi connectivity index (χ0n) is 5.88. The van der Waals surface area contributed by atoms with Crippen LogP contribution >= 0.6 is 0 Å². The molecule has 0 saturated carbocycles. The highest BCUT2D eigenvalue weighted by Crippen LogP contribution is 1.81. The van der Waals surface area contributed by atoms with Crippen molar-refractivity contribution >= 4 is 11.9 Å². The van der Waals surface area contributed by atoms with Gasteiger partial charge in [-0.05, 0) is 10.4 Å². The molecule has 0 amide bonds. The normalized spacial score (nSPS) is 12.5. The number of fused-ring (bicyclic) bond motifs is 1. The van der Waals surface area contributed by atoms with Gasteiger partial charge in [-0.1, -0.05) is 0 Å². The highest BCUT2D eigenvalue weighted by molar-refractivity contribution is 5.40. The average molecular weight is 164 g/mol. The molecule has 6 heteroatoms. The van der Waals surface area contributed by atoms with Crippen LogP contribution in [0.4, 0.5) is 0 Å². The molecule has 2 aromatic rings. The molecule has 0 aliphatic heterocycles. The standard InChI is InChI=1S/C6H4N4O2/c11-3-4-5(12)1-2-10-6(4)7-8-9-10/h1-3,11H. The van der Waals surface area contributed by atoms with Crippen LogP contribution in [0.25, 0.3) is 11.9 Å². The van der Waals surface area contributed by atoms with Crippen molar-refractivity contribution in [2.45, 2.75) is 0 Å². The van der Waals surface area contributed by atoms with Crippen LogP contribution in [0, 0.1) is 0 Å². The van der Waals surface area contributed by atoms with Crippen LogP contribution < -0.4 is 10.6 Å². The second-order valence-corrected chi connectivity index (χ2v) is 2.17. The minimum absolute atomic E-state index is 0.0995. The van der Waals surface area contributed by atoms with E-state index in [-0.39, 0.29) is 16.3 Å². The molecule has 0 unspecified atom stereocenters. The lowest BCUT2D eigenvalue weighted by Gasteiger charge is -1.86. The summed E-state index contributed by atoms with van der Waals surface area (Å²) in [4.78, 5) is 11.1. The molecule has 2 rings (SSSR count). The molecule has 2 aromatic heterocycles. The van der Waals surface area contributed by atoms with Gasteiger partial charge in [0.25, 0.3) is 0 Å². The number of aliphatic hydroxyl groups excluding tert-OH is 1. The summed E-state index contributed by atoms with van der Waals surface area (Å²) in [5, 5.41) is 19.3. The molecule has 0 aliphatic rings. The molecule has 0 bridgehead atoms. The Morgan fingerprint density at radius 3 is 3.17 bits per heavy atom. The SMILES string of the molecule is O=c1ccn2nnnc2c1=CO. The molecule has 0 saturated heterocycles. The van der Waals surface area contributed by atoms with E-state index in [1.54, 1.807) is 0 Å². The van der Waals surface area contributed by atoms with Gasteiger partial charge in [-0.15, -0.1) is 5.10 Å². The summed E-state index contributed by atoms with van der Waals surface area (Å²) in [5.74, 6) is 0. The van der Waals surface area contributed by atoms with E-state index in [2.05, 4.69) is 15.5 Å². The average Bonchev–Trinajstić information content (AvgIpc) is 2.52. The largest absolute Gasteiger partial charge is 0.515 e. The van der Waals surface area contributed by atoms with Gasteiger partial charge in [-0.2, -0.15) is 4.52 Å². The minimum Gasteiger partial charge on any atom is -0.515 e. The third-order valence-corrected chi connectivity index (χ3v) is 1.50. The molecule has 0 aliphatic carbocycles. The van der Waals surface area contributed by atoms with Gasteiger partial charge >= 0.3 is 0 Å². The summed E-state index contributed by atoms with van der Waals surface area (Å²) in [5.41, 5.74) is -0.0511. The lowest BCUT2D eigenvalue weighted by Crippen LogP contribution is -2.26. The predicted octanol–water partition coefficient (Wildman–Crippen LogP) is -1.50. The van der Waals surface area contributed by atoms with Crippen LogP contribution in [-0.2, 0) is 0 Å². The molecule has 0 spiro atoms. The van der Waals surface area contributed by atoms with Gasteiger partial charge in [0.05, 0.1) is 6.26 Å². The molecule has 0 fully saturated rings. The van der Waals surface area contributed by atoms with Crippen molar-refractivity contribution in [3.05, 3.63) is 27.7 Å². The third-order valence-electron chi connectivity index (χ3n) is 1.50. The van der Waals surface area contributed by atoms with Crippen molar-refractivity contribution in [3.8, 4) is 0 Å². The summed E-state index contributed by atoms with van der Waals surface area (Å²) in [6.07, 6.45) is 2.14. The van der Waals surface area contributed by atoms with E-state index in [1.807, 2.05) is 0 Å². The first kappa shape index (κ1) is 6.71. The van der Waals surface area contributed by atoms with Gasteiger partial charge in [-0.3, -0.25) is 4.79 Å². The van der Waals surface area contributed by atoms with Gasteiger partial charge in [0.2, 0.25) is 0 Å². The Morgan fingerprint density at radius 2 is 2.42 bits per heavy atom. The first-order valence-corrected chi connectivity index (χ1v) is 3.18. The molecule has 6 nitrogen and oxygen atoms in total. The second-order valence-electron chi connectivity index (χ2n) is 2.17. The fourth-order valence-corrected chi connectivity index (χ4v) is 0.931. The number of aliphatic hydroxyl groups is 1. The van der Waals surface area contributed by atoms with E-state index in [9.17, 15) is 4.79 Å². The van der Waals surface area contributed by atoms with E-state index in [0.29, 0.717) is 6.26 Å². The Hall–Kier alpha value is -1.98. The lowest BCUT2D eigenvalue weighted by molar-refractivity contribution is 0.540. The van der Waals surface area contributed by atoms with Crippen LogP contribution in [0.15, 0.2) is 17.1 Å². The highest BCUT2D eigenvalue weighted by Gasteiger charge is 2.00. The zero-order chi connectivity index (χ0) is 8.55. The zero-order valence-corrected chi connectivity index (χ0v) is 5.88. The summed E-state index contributed by atoms with van der Waals surface area (Å²) >= 11 is 0. The Bertz CT molecular complexity index is 518. The van der Waals surface area contributed by atoms with Crippen molar-refractivity contribution < 1.29 is 5.11 Å². The van der Waals surface area contributed by atoms with Crippen molar-refractivity contribution in [3.63, 3.8) is 0 Å². The molecule has 0 aromatic carbocycles. The lowest BCUT2D eigenvalue weighted by atomic mass is 10.4. The van der Waals surface area contributed by atoms with Crippen molar-refractivity contribution in [2.75, 3.05) is 0 Å². The summed E-state index contributed by atoms with van der Waals surface area (Å²) < 4.78 is 1.31. The molecule has 60 valence electrons. The van der Waals surface area contributed by atoms with Crippen molar-refractivity contribution in [1.82, 2.24) is 20.0 Å². The predicted molar refractivity (Wildman–Crippen MR) is 39.4 cm³/mol. The summed E-state index contributed by atoms with van der Waals surface area (Å²) in [7, 11) is 0. The molecule has 0 atom stereocenters. The number of hydrogen-bond donors (Lipinski definition) is 1. The van der Waals surface area contributed by atoms with E-state index in [4.69, 9.17) is 5.11 Å². The van der Waals surface area contributed by atoms with Crippen molar-refractivity contribution in [1.29, 1.82) is 0 Å². The molecular weight excluding hydrogens is 160 g/mol. The van der Waals surface area contributed by atoms with Crippen LogP contribution in [0.5, 0.6) is 0 Å². The molecule has 2 heterocycles. The van der Waals surface area contributed by atoms with Gasteiger partial charge < -0.3 is 5.11 Å². The maximum atomic E-state index is 11.1. The molecule has 0 radical (unpaired) electrons. The number of nitrogens with zero attached hydrogens (tertiary/aromatic N) is 4. The second kappa shape index (κ2) is 2.26. The topological polar surface area (TPSA) is 80.4 Å². The maximum Gasteiger partial charge on any atom is 0.194 e. The Kier molecular flexibility index (Phi) is 1.26. The van der Waals surface area contributed by atoms with Gasteiger partial charge in [0, 0.05) is 12.3 Å². The van der Waals surface area contributed by atoms with E-state index >= 15 is 0 Å². The van der Waals surface area contributed by atoms with Crippen LogP contribution in [0.3, 0.4) is 0 Å². The van der Waals surface area contributed by atoms with E-state index in [0.717, 1.165) is 0 Å². The maximum absolute atomic E-state index is 11.1.